The molecule has 118 valence electrons. The lowest BCUT2D eigenvalue weighted by atomic mass is 9.97. The van der Waals surface area contributed by atoms with Crippen molar-refractivity contribution in [3.8, 4) is 0 Å². The number of rotatable bonds is 5. The van der Waals surface area contributed by atoms with Gasteiger partial charge < -0.3 is 4.74 Å². The van der Waals surface area contributed by atoms with Crippen LogP contribution < -0.4 is 0 Å². The molecule has 2 rings (SSSR count). The van der Waals surface area contributed by atoms with E-state index >= 15 is 0 Å². The molecule has 0 fully saturated rings. The highest BCUT2D eigenvalue weighted by Crippen LogP contribution is 2.40. The van der Waals surface area contributed by atoms with Crippen molar-refractivity contribution >= 4 is 52.3 Å². The third-order valence-electron chi connectivity index (χ3n) is 3.52. The summed E-state index contributed by atoms with van der Waals surface area (Å²) in [6.45, 7) is 1.94. The minimum absolute atomic E-state index is 0.0429. The summed E-state index contributed by atoms with van der Waals surface area (Å²) in [6, 6.07) is 4.93. The van der Waals surface area contributed by atoms with Gasteiger partial charge in [-0.1, -0.05) is 30.1 Å². The molecular formula is C16H16Cl2O3S. The van der Waals surface area contributed by atoms with E-state index in [4.69, 9.17) is 27.9 Å². The van der Waals surface area contributed by atoms with E-state index < -0.39 is 0 Å². The average molecular weight is 359 g/mol. The molecule has 3 nitrogen and oxygen atoms in total. The van der Waals surface area contributed by atoms with Crippen molar-refractivity contribution in [2.45, 2.75) is 19.8 Å². The van der Waals surface area contributed by atoms with E-state index in [0.717, 1.165) is 0 Å². The molecule has 1 atom stereocenters. The van der Waals surface area contributed by atoms with Crippen molar-refractivity contribution in [3.05, 3.63) is 39.6 Å². The number of esters is 1. The van der Waals surface area contributed by atoms with Crippen LogP contribution in [0.4, 0.5) is 0 Å². The van der Waals surface area contributed by atoms with Gasteiger partial charge in [0.25, 0.3) is 0 Å². The van der Waals surface area contributed by atoms with Crippen LogP contribution in [0, 0.1) is 5.92 Å². The topological polar surface area (TPSA) is 43.4 Å². The molecule has 0 N–H and O–H groups in total. The van der Waals surface area contributed by atoms with Crippen LogP contribution in [-0.4, -0.2) is 23.8 Å². The van der Waals surface area contributed by atoms with Crippen molar-refractivity contribution < 1.29 is 14.3 Å². The van der Waals surface area contributed by atoms with Gasteiger partial charge in [-0.05, 0) is 30.9 Å². The molecule has 1 unspecified atom stereocenters. The van der Waals surface area contributed by atoms with E-state index in [9.17, 15) is 9.59 Å². The molecule has 1 aromatic carbocycles. The first-order valence-corrected chi connectivity index (χ1v) is 9.05. The standard InChI is InChI=1S/C16H16Cl2O3S/c1-3-9-6-13(21-14(19)8-22-2)15(16(9)20)11-7-10(17)4-5-12(11)18/h4-5,7,9H,3,6,8H2,1-2H3. The average Bonchev–Trinajstić information content (AvgIpc) is 2.77. The summed E-state index contributed by atoms with van der Waals surface area (Å²) in [5.41, 5.74) is 0.913. The second-order valence-corrected chi connectivity index (χ2v) is 6.71. The Morgan fingerprint density at radius 3 is 2.77 bits per heavy atom. The van der Waals surface area contributed by atoms with Crippen LogP contribution in [-0.2, 0) is 14.3 Å². The monoisotopic (exact) mass is 358 g/mol. The zero-order valence-corrected chi connectivity index (χ0v) is 14.6. The van der Waals surface area contributed by atoms with Gasteiger partial charge in [-0.15, -0.1) is 0 Å². The molecule has 0 heterocycles. The molecule has 0 aliphatic heterocycles. The summed E-state index contributed by atoms with van der Waals surface area (Å²) in [5.74, 6) is 0.0638. The third kappa shape index (κ3) is 3.67. The molecule has 0 radical (unpaired) electrons. The number of Topliss-reactive ketones (excluding diaryl/α,β-unsaturated/α-hetero) is 1. The molecule has 22 heavy (non-hydrogen) atoms. The maximum absolute atomic E-state index is 12.6. The van der Waals surface area contributed by atoms with E-state index in [1.807, 2.05) is 13.2 Å². The zero-order chi connectivity index (χ0) is 16.3. The van der Waals surface area contributed by atoms with Gasteiger partial charge in [0.2, 0.25) is 0 Å². The lowest BCUT2D eigenvalue weighted by molar-refractivity contribution is -0.136. The molecular weight excluding hydrogens is 343 g/mol. The molecule has 0 aromatic heterocycles. The highest BCUT2D eigenvalue weighted by molar-refractivity contribution is 7.99. The van der Waals surface area contributed by atoms with Crippen LogP contribution in [0.5, 0.6) is 0 Å². The number of halogens is 2. The van der Waals surface area contributed by atoms with E-state index in [1.165, 1.54) is 11.8 Å². The molecule has 1 aliphatic carbocycles. The molecule has 0 bridgehead atoms. The second-order valence-electron chi connectivity index (χ2n) is 5.00. The Morgan fingerprint density at radius 1 is 1.41 bits per heavy atom. The number of hydrogen-bond acceptors (Lipinski definition) is 4. The number of hydrogen-bond donors (Lipinski definition) is 0. The number of benzene rings is 1. The number of allylic oxidation sites excluding steroid dienone is 2. The van der Waals surface area contributed by atoms with Crippen molar-refractivity contribution in [3.63, 3.8) is 0 Å². The number of ether oxygens (including phenoxy) is 1. The van der Waals surface area contributed by atoms with Gasteiger partial charge >= 0.3 is 5.97 Å². The minimum atomic E-state index is -0.359. The summed E-state index contributed by atoms with van der Waals surface area (Å²) < 4.78 is 5.41. The third-order valence-corrected chi connectivity index (χ3v) is 4.61. The van der Waals surface area contributed by atoms with E-state index in [2.05, 4.69) is 0 Å². The van der Waals surface area contributed by atoms with E-state index in [1.54, 1.807) is 18.2 Å². The Bertz CT molecular complexity index is 640. The predicted octanol–water partition coefficient (Wildman–Crippen LogP) is 4.61. The first kappa shape index (κ1) is 17.4. The number of carbonyl (C=O) groups excluding carboxylic acids is 2. The molecule has 0 saturated heterocycles. The van der Waals surface area contributed by atoms with Crippen molar-refractivity contribution in [2.24, 2.45) is 5.92 Å². The van der Waals surface area contributed by atoms with Gasteiger partial charge in [-0.2, -0.15) is 11.8 Å². The number of ketones is 1. The highest BCUT2D eigenvalue weighted by Gasteiger charge is 2.36. The summed E-state index contributed by atoms with van der Waals surface area (Å²) in [6.07, 6.45) is 2.93. The molecule has 1 aliphatic rings. The maximum Gasteiger partial charge on any atom is 0.320 e. The second kappa shape index (κ2) is 7.53. The molecule has 1 aromatic rings. The van der Waals surface area contributed by atoms with Crippen molar-refractivity contribution in [2.75, 3.05) is 12.0 Å². The Hall–Kier alpha value is -0.970. The largest absolute Gasteiger partial charge is 0.430 e. The van der Waals surface area contributed by atoms with E-state index in [-0.39, 0.29) is 23.4 Å². The van der Waals surface area contributed by atoms with Crippen LogP contribution in [0.15, 0.2) is 24.0 Å². The van der Waals surface area contributed by atoms with Gasteiger partial charge in [0.05, 0.1) is 11.3 Å². The Morgan fingerprint density at radius 2 is 2.14 bits per heavy atom. The van der Waals surface area contributed by atoms with Crippen LogP contribution in [0.25, 0.3) is 5.57 Å². The van der Waals surface area contributed by atoms with Crippen molar-refractivity contribution in [1.29, 1.82) is 0 Å². The Kier molecular flexibility index (Phi) is 5.95. The molecule has 0 spiro atoms. The van der Waals surface area contributed by atoms with Crippen LogP contribution in [0.3, 0.4) is 0 Å². The van der Waals surface area contributed by atoms with Crippen LogP contribution >= 0.6 is 35.0 Å². The fraction of sp³-hybridized carbons (Fsp3) is 0.375. The number of thioether (sulfide) groups is 1. The normalized spacial score (nSPS) is 18.0. The van der Waals surface area contributed by atoms with Crippen LogP contribution in [0.1, 0.15) is 25.3 Å². The minimum Gasteiger partial charge on any atom is -0.430 e. The van der Waals surface area contributed by atoms with Gasteiger partial charge in [-0.25, -0.2) is 0 Å². The van der Waals surface area contributed by atoms with Gasteiger partial charge in [-0.3, -0.25) is 9.59 Å². The quantitative estimate of drug-likeness (QED) is 0.720. The lowest BCUT2D eigenvalue weighted by Gasteiger charge is -2.09. The fourth-order valence-corrected chi connectivity index (χ4v) is 3.12. The summed E-state index contributed by atoms with van der Waals surface area (Å²) in [5, 5.41) is 0.900. The van der Waals surface area contributed by atoms with Gasteiger partial charge in [0, 0.05) is 27.9 Å². The first-order chi connectivity index (χ1) is 10.5. The predicted molar refractivity (Wildman–Crippen MR) is 91.3 cm³/mol. The summed E-state index contributed by atoms with van der Waals surface area (Å²) in [4.78, 5) is 24.4. The van der Waals surface area contributed by atoms with Crippen molar-refractivity contribution in [1.82, 2.24) is 0 Å². The number of carbonyl (C=O) groups is 2. The highest BCUT2D eigenvalue weighted by atomic mass is 35.5. The summed E-state index contributed by atoms with van der Waals surface area (Å²) >= 11 is 13.6. The molecule has 6 heteroatoms. The first-order valence-electron chi connectivity index (χ1n) is 6.90. The Balaban J connectivity index is 2.46. The van der Waals surface area contributed by atoms with Gasteiger partial charge in [0.1, 0.15) is 5.76 Å². The SMILES string of the molecule is CCC1CC(OC(=O)CSC)=C(c2cc(Cl)ccc2Cl)C1=O. The lowest BCUT2D eigenvalue weighted by Crippen LogP contribution is -2.08. The zero-order valence-electron chi connectivity index (χ0n) is 12.3. The fourth-order valence-electron chi connectivity index (χ4n) is 2.44. The Labute approximate surface area is 144 Å². The van der Waals surface area contributed by atoms with Crippen LogP contribution in [0.2, 0.25) is 10.0 Å². The molecule has 0 amide bonds. The molecule has 0 saturated carbocycles. The van der Waals surface area contributed by atoms with E-state index in [0.29, 0.717) is 39.8 Å². The van der Waals surface area contributed by atoms with Gasteiger partial charge in [0.15, 0.2) is 5.78 Å². The summed E-state index contributed by atoms with van der Waals surface area (Å²) in [7, 11) is 0. The maximum atomic E-state index is 12.6. The smallest absolute Gasteiger partial charge is 0.320 e.